The third-order valence-electron chi connectivity index (χ3n) is 3.90. The average molecular weight is 286 g/mol. The number of methoxy groups -OCH3 is 1. The summed E-state index contributed by atoms with van der Waals surface area (Å²) in [6, 6.07) is 0.349. The minimum Gasteiger partial charge on any atom is -0.465 e. The van der Waals surface area contributed by atoms with Crippen LogP contribution < -0.4 is 5.73 Å². The number of ether oxygens (including phenoxy) is 2. The lowest BCUT2D eigenvalue weighted by Gasteiger charge is -2.31. The molecule has 0 saturated heterocycles. The van der Waals surface area contributed by atoms with Crippen LogP contribution in [0.1, 0.15) is 40.0 Å². The molecule has 0 heterocycles. The number of esters is 1. The van der Waals surface area contributed by atoms with Gasteiger partial charge in [-0.3, -0.25) is 9.69 Å². The largest absolute Gasteiger partial charge is 0.465 e. The molecular formula is C15H30N2O3. The minimum absolute atomic E-state index is 0.251. The summed E-state index contributed by atoms with van der Waals surface area (Å²) in [6.45, 7) is 9.22. The molecule has 0 aliphatic heterocycles. The summed E-state index contributed by atoms with van der Waals surface area (Å²) >= 11 is 0. The Hall–Kier alpha value is -0.650. The van der Waals surface area contributed by atoms with Crippen LogP contribution in [0.2, 0.25) is 0 Å². The van der Waals surface area contributed by atoms with E-state index in [4.69, 9.17) is 15.2 Å². The number of nitrogens with zero attached hydrogens (tertiary/aromatic N) is 1. The molecule has 1 rings (SSSR count). The maximum absolute atomic E-state index is 12.0. The third-order valence-corrected chi connectivity index (χ3v) is 3.90. The summed E-state index contributed by atoms with van der Waals surface area (Å²) in [4.78, 5) is 14.4. The van der Waals surface area contributed by atoms with E-state index in [2.05, 4.69) is 18.7 Å². The zero-order valence-electron chi connectivity index (χ0n) is 13.4. The van der Waals surface area contributed by atoms with Gasteiger partial charge in [0.2, 0.25) is 0 Å². The first kappa shape index (κ1) is 17.4. The van der Waals surface area contributed by atoms with Gasteiger partial charge in [0.25, 0.3) is 0 Å². The number of rotatable bonds is 8. The summed E-state index contributed by atoms with van der Waals surface area (Å²) in [5.74, 6) is 0.334. The van der Waals surface area contributed by atoms with Gasteiger partial charge < -0.3 is 15.2 Å². The molecule has 0 aromatic heterocycles. The van der Waals surface area contributed by atoms with Crippen LogP contribution in [-0.2, 0) is 14.3 Å². The second-order valence-corrected chi connectivity index (χ2v) is 6.15. The zero-order valence-corrected chi connectivity index (χ0v) is 13.4. The SMILES string of the molecule is CCOC(=O)C1(N)CCC(N(CCOC)CC(C)C)C1. The normalized spacial score (nSPS) is 26.4. The lowest BCUT2D eigenvalue weighted by Crippen LogP contribution is -2.49. The Bertz CT molecular complexity index is 309. The number of nitrogens with two attached hydrogens (primary N) is 1. The highest BCUT2D eigenvalue weighted by molar-refractivity contribution is 5.81. The topological polar surface area (TPSA) is 64.8 Å². The predicted molar refractivity (Wildman–Crippen MR) is 79.5 cm³/mol. The van der Waals surface area contributed by atoms with Crippen molar-refractivity contribution in [3.05, 3.63) is 0 Å². The highest BCUT2D eigenvalue weighted by Gasteiger charge is 2.44. The quantitative estimate of drug-likeness (QED) is 0.683. The molecule has 1 aliphatic rings. The minimum atomic E-state index is -0.803. The number of carbonyl (C=O) groups excluding carboxylic acids is 1. The molecule has 5 nitrogen and oxygen atoms in total. The Morgan fingerprint density at radius 3 is 2.75 bits per heavy atom. The molecule has 0 aromatic carbocycles. The number of carbonyl (C=O) groups is 1. The zero-order chi connectivity index (χ0) is 15.2. The van der Waals surface area contributed by atoms with Crippen molar-refractivity contribution in [1.82, 2.24) is 4.90 Å². The molecule has 1 saturated carbocycles. The van der Waals surface area contributed by atoms with Crippen LogP contribution in [0.25, 0.3) is 0 Å². The van der Waals surface area contributed by atoms with Crippen molar-refractivity contribution in [2.45, 2.75) is 51.6 Å². The molecule has 0 amide bonds. The first-order valence-corrected chi connectivity index (χ1v) is 7.62. The predicted octanol–water partition coefficient (Wildman–Crippen LogP) is 1.40. The first-order valence-electron chi connectivity index (χ1n) is 7.62. The van der Waals surface area contributed by atoms with Crippen molar-refractivity contribution in [2.75, 3.05) is 33.4 Å². The Morgan fingerprint density at radius 1 is 1.50 bits per heavy atom. The Balaban J connectivity index is 2.63. The second kappa shape index (κ2) is 7.96. The van der Waals surface area contributed by atoms with Crippen molar-refractivity contribution in [3.8, 4) is 0 Å². The maximum Gasteiger partial charge on any atom is 0.326 e. The van der Waals surface area contributed by atoms with Crippen molar-refractivity contribution < 1.29 is 14.3 Å². The van der Waals surface area contributed by atoms with Gasteiger partial charge in [-0.25, -0.2) is 0 Å². The Labute approximate surface area is 122 Å². The third kappa shape index (κ3) is 4.72. The molecule has 20 heavy (non-hydrogen) atoms. The Kier molecular flexibility index (Phi) is 6.92. The molecule has 1 aliphatic carbocycles. The molecule has 0 radical (unpaired) electrons. The fourth-order valence-electron chi connectivity index (χ4n) is 2.92. The molecule has 0 aromatic rings. The lowest BCUT2D eigenvalue weighted by molar-refractivity contribution is -0.149. The molecule has 118 valence electrons. The van der Waals surface area contributed by atoms with Gasteiger partial charge in [0.1, 0.15) is 5.54 Å². The molecular weight excluding hydrogens is 256 g/mol. The molecule has 2 unspecified atom stereocenters. The van der Waals surface area contributed by atoms with Gasteiger partial charge in [-0.2, -0.15) is 0 Å². The van der Waals surface area contributed by atoms with Crippen molar-refractivity contribution in [1.29, 1.82) is 0 Å². The van der Waals surface area contributed by atoms with Gasteiger partial charge in [-0.1, -0.05) is 13.8 Å². The highest BCUT2D eigenvalue weighted by atomic mass is 16.5. The van der Waals surface area contributed by atoms with Gasteiger partial charge in [0.05, 0.1) is 13.2 Å². The van der Waals surface area contributed by atoms with E-state index in [1.807, 2.05) is 6.92 Å². The van der Waals surface area contributed by atoms with Gasteiger partial charge in [-0.05, 0) is 32.1 Å². The number of hydrogen-bond acceptors (Lipinski definition) is 5. The molecule has 2 atom stereocenters. The van der Waals surface area contributed by atoms with E-state index in [0.717, 1.165) is 19.5 Å². The van der Waals surface area contributed by atoms with Crippen LogP contribution in [0.15, 0.2) is 0 Å². The van der Waals surface area contributed by atoms with Crippen LogP contribution >= 0.6 is 0 Å². The van der Waals surface area contributed by atoms with Crippen molar-refractivity contribution in [2.24, 2.45) is 11.7 Å². The van der Waals surface area contributed by atoms with Crippen LogP contribution in [0.5, 0.6) is 0 Å². The summed E-state index contributed by atoms with van der Waals surface area (Å²) in [6.07, 6.45) is 2.34. The van der Waals surface area contributed by atoms with Crippen molar-refractivity contribution in [3.63, 3.8) is 0 Å². The molecule has 5 heteroatoms. The van der Waals surface area contributed by atoms with Gasteiger partial charge in [-0.15, -0.1) is 0 Å². The molecule has 0 spiro atoms. The fraction of sp³-hybridized carbons (Fsp3) is 0.933. The fourth-order valence-corrected chi connectivity index (χ4v) is 2.92. The Morgan fingerprint density at radius 2 is 2.20 bits per heavy atom. The smallest absolute Gasteiger partial charge is 0.326 e. The van der Waals surface area contributed by atoms with Gasteiger partial charge >= 0.3 is 5.97 Å². The van der Waals surface area contributed by atoms with E-state index >= 15 is 0 Å². The van der Waals surface area contributed by atoms with E-state index in [1.54, 1.807) is 7.11 Å². The summed E-state index contributed by atoms with van der Waals surface area (Å²) in [7, 11) is 1.72. The van der Waals surface area contributed by atoms with Crippen molar-refractivity contribution >= 4 is 5.97 Å². The van der Waals surface area contributed by atoms with E-state index in [9.17, 15) is 4.79 Å². The molecule has 0 bridgehead atoms. The average Bonchev–Trinajstić information content (AvgIpc) is 2.78. The van der Waals surface area contributed by atoms with Gasteiger partial charge in [0.15, 0.2) is 0 Å². The maximum atomic E-state index is 12.0. The molecule has 1 fully saturated rings. The lowest BCUT2D eigenvalue weighted by atomic mass is 9.99. The summed E-state index contributed by atoms with van der Waals surface area (Å²) in [5, 5.41) is 0. The van der Waals surface area contributed by atoms with Crippen LogP contribution in [-0.4, -0.2) is 55.9 Å². The van der Waals surface area contributed by atoms with E-state index in [0.29, 0.717) is 38.0 Å². The van der Waals surface area contributed by atoms with Crippen LogP contribution in [0.4, 0.5) is 0 Å². The van der Waals surface area contributed by atoms with E-state index < -0.39 is 5.54 Å². The molecule has 2 N–H and O–H groups in total. The number of hydrogen-bond donors (Lipinski definition) is 1. The van der Waals surface area contributed by atoms with Crippen LogP contribution in [0, 0.1) is 5.92 Å². The van der Waals surface area contributed by atoms with E-state index in [1.165, 1.54) is 0 Å². The monoisotopic (exact) mass is 286 g/mol. The highest BCUT2D eigenvalue weighted by Crippen LogP contribution is 2.32. The van der Waals surface area contributed by atoms with Crippen LogP contribution in [0.3, 0.4) is 0 Å². The standard InChI is InChI=1S/C15H30N2O3/c1-5-20-14(18)15(16)7-6-13(10-15)17(8-9-19-4)11-12(2)3/h12-13H,5-11,16H2,1-4H3. The first-order chi connectivity index (χ1) is 9.42. The second-order valence-electron chi connectivity index (χ2n) is 6.15. The summed E-state index contributed by atoms with van der Waals surface area (Å²) in [5.41, 5.74) is 5.44. The summed E-state index contributed by atoms with van der Waals surface area (Å²) < 4.78 is 10.3. The van der Waals surface area contributed by atoms with E-state index in [-0.39, 0.29) is 5.97 Å². The van der Waals surface area contributed by atoms with Gasteiger partial charge in [0, 0.05) is 26.2 Å².